The normalized spacial score (nSPS) is 10.4. The van der Waals surface area contributed by atoms with Crippen LogP contribution >= 0.6 is 12.4 Å². The Hall–Kier alpha value is -1.29. The van der Waals surface area contributed by atoms with Gasteiger partial charge in [-0.2, -0.15) is 0 Å². The maximum atomic E-state index is 12.3. The molecule has 4 nitrogen and oxygen atoms in total. The highest BCUT2D eigenvalue weighted by molar-refractivity contribution is 5.92. The molecule has 0 aliphatic rings. The summed E-state index contributed by atoms with van der Waals surface area (Å²) in [5.41, 5.74) is 6.62. The van der Waals surface area contributed by atoms with Crippen molar-refractivity contribution >= 4 is 24.0 Å². The second-order valence-corrected chi connectivity index (χ2v) is 5.47. The third-order valence-electron chi connectivity index (χ3n) is 2.46. The fraction of sp³-hybridized carbons (Fsp3) is 0.571. The van der Waals surface area contributed by atoms with E-state index in [2.05, 4.69) is 32.7 Å². The molecular formula is C14H24ClN3O. The Morgan fingerprint density at radius 3 is 2.11 bits per heavy atom. The number of nitrogens with zero attached hydrogens (tertiary/aromatic N) is 2. The molecule has 19 heavy (non-hydrogen) atoms. The molecule has 108 valence electrons. The van der Waals surface area contributed by atoms with Crippen LogP contribution in [0, 0.1) is 11.8 Å². The predicted molar refractivity (Wildman–Crippen MR) is 81.5 cm³/mol. The molecular weight excluding hydrogens is 262 g/mol. The first kappa shape index (κ1) is 17.7. The van der Waals surface area contributed by atoms with E-state index in [0.717, 1.165) is 13.1 Å². The minimum atomic E-state index is -0.0163. The molecule has 1 amide bonds. The number of carbonyl (C=O) groups is 1. The highest BCUT2D eigenvalue weighted by Crippen LogP contribution is 2.10. The second-order valence-electron chi connectivity index (χ2n) is 5.47. The van der Waals surface area contributed by atoms with Gasteiger partial charge in [-0.3, -0.25) is 4.79 Å². The van der Waals surface area contributed by atoms with Gasteiger partial charge in [-0.1, -0.05) is 27.7 Å². The number of aromatic nitrogens is 1. The molecule has 0 fully saturated rings. The number of nitrogen functional groups attached to an aromatic ring is 1. The highest BCUT2D eigenvalue weighted by Gasteiger charge is 2.18. The van der Waals surface area contributed by atoms with Crippen LogP contribution in [0.3, 0.4) is 0 Å². The van der Waals surface area contributed by atoms with Crippen LogP contribution in [-0.2, 0) is 0 Å². The molecule has 0 radical (unpaired) electrons. The van der Waals surface area contributed by atoms with Crippen LogP contribution in [0.25, 0.3) is 0 Å². The van der Waals surface area contributed by atoms with Gasteiger partial charge in [0.1, 0.15) is 5.69 Å². The minimum absolute atomic E-state index is 0. The summed E-state index contributed by atoms with van der Waals surface area (Å²) in [7, 11) is 0. The van der Waals surface area contributed by atoms with Gasteiger partial charge in [-0.05, 0) is 24.0 Å². The second kappa shape index (κ2) is 8.00. The molecule has 1 aromatic heterocycles. The SMILES string of the molecule is CC(C)CN(CC(C)C)C(=O)c1ccc(N)cn1.Cl. The number of hydrogen-bond acceptors (Lipinski definition) is 3. The van der Waals surface area contributed by atoms with Gasteiger partial charge in [0.05, 0.1) is 11.9 Å². The van der Waals surface area contributed by atoms with Crippen molar-refractivity contribution in [2.75, 3.05) is 18.8 Å². The Bertz CT molecular complexity index is 380. The van der Waals surface area contributed by atoms with Crippen LogP contribution in [0.2, 0.25) is 0 Å². The monoisotopic (exact) mass is 285 g/mol. The topological polar surface area (TPSA) is 59.2 Å². The fourth-order valence-electron chi connectivity index (χ4n) is 1.82. The van der Waals surface area contributed by atoms with E-state index < -0.39 is 0 Å². The zero-order valence-electron chi connectivity index (χ0n) is 12.1. The molecule has 5 heteroatoms. The minimum Gasteiger partial charge on any atom is -0.397 e. The maximum absolute atomic E-state index is 12.3. The van der Waals surface area contributed by atoms with Crippen molar-refractivity contribution in [3.8, 4) is 0 Å². The average Bonchev–Trinajstić information content (AvgIpc) is 2.27. The molecule has 2 N–H and O–H groups in total. The van der Waals surface area contributed by atoms with E-state index in [4.69, 9.17) is 5.73 Å². The number of hydrogen-bond donors (Lipinski definition) is 1. The zero-order chi connectivity index (χ0) is 13.7. The summed E-state index contributed by atoms with van der Waals surface area (Å²) in [5, 5.41) is 0. The number of anilines is 1. The molecule has 0 bridgehead atoms. The number of carbonyl (C=O) groups excluding carboxylic acids is 1. The number of nitrogens with two attached hydrogens (primary N) is 1. The van der Waals surface area contributed by atoms with Gasteiger partial charge in [0.25, 0.3) is 5.91 Å². The lowest BCUT2D eigenvalue weighted by Gasteiger charge is -2.26. The van der Waals surface area contributed by atoms with Gasteiger partial charge in [0.15, 0.2) is 0 Å². The van der Waals surface area contributed by atoms with Gasteiger partial charge >= 0.3 is 0 Å². The lowest BCUT2D eigenvalue weighted by Crippen LogP contribution is -2.37. The van der Waals surface area contributed by atoms with E-state index in [1.807, 2.05) is 4.90 Å². The van der Waals surface area contributed by atoms with Crippen molar-refractivity contribution < 1.29 is 4.79 Å². The maximum Gasteiger partial charge on any atom is 0.272 e. The Morgan fingerprint density at radius 1 is 1.21 bits per heavy atom. The van der Waals surface area contributed by atoms with E-state index in [9.17, 15) is 4.79 Å². The summed E-state index contributed by atoms with van der Waals surface area (Å²) in [6.45, 7) is 9.94. The molecule has 0 aliphatic heterocycles. The Kier molecular flexibility index (Phi) is 7.45. The zero-order valence-corrected chi connectivity index (χ0v) is 12.9. The number of amides is 1. The molecule has 1 rings (SSSR count). The summed E-state index contributed by atoms with van der Waals surface area (Å²) in [6.07, 6.45) is 1.52. The van der Waals surface area contributed by atoms with Crippen molar-refractivity contribution in [2.24, 2.45) is 11.8 Å². The van der Waals surface area contributed by atoms with E-state index in [1.54, 1.807) is 12.1 Å². The Morgan fingerprint density at radius 2 is 1.74 bits per heavy atom. The third kappa shape index (κ3) is 5.92. The average molecular weight is 286 g/mol. The van der Waals surface area contributed by atoms with E-state index in [-0.39, 0.29) is 18.3 Å². The van der Waals surface area contributed by atoms with Gasteiger partial charge in [-0.25, -0.2) is 4.98 Å². The molecule has 0 saturated heterocycles. The summed E-state index contributed by atoms with van der Waals surface area (Å²) in [6, 6.07) is 3.40. The van der Waals surface area contributed by atoms with Crippen LogP contribution in [-0.4, -0.2) is 28.9 Å². The van der Waals surface area contributed by atoms with Gasteiger partial charge in [0, 0.05) is 13.1 Å². The Labute approximate surface area is 121 Å². The lowest BCUT2D eigenvalue weighted by molar-refractivity contribution is 0.0709. The van der Waals surface area contributed by atoms with Crippen LogP contribution in [0.5, 0.6) is 0 Å². The predicted octanol–water partition coefficient (Wildman–Crippen LogP) is 2.84. The lowest BCUT2D eigenvalue weighted by atomic mass is 10.1. The number of pyridine rings is 1. The quantitative estimate of drug-likeness (QED) is 0.905. The molecule has 0 aliphatic carbocycles. The van der Waals surface area contributed by atoms with Crippen molar-refractivity contribution in [3.63, 3.8) is 0 Å². The van der Waals surface area contributed by atoms with Crippen molar-refractivity contribution in [1.29, 1.82) is 0 Å². The smallest absolute Gasteiger partial charge is 0.272 e. The van der Waals surface area contributed by atoms with Gasteiger partial charge in [0.2, 0.25) is 0 Å². The summed E-state index contributed by atoms with van der Waals surface area (Å²) in [5.74, 6) is 0.875. The number of halogens is 1. The molecule has 1 heterocycles. The van der Waals surface area contributed by atoms with Crippen LogP contribution in [0.4, 0.5) is 5.69 Å². The molecule has 0 spiro atoms. The first-order chi connectivity index (χ1) is 8.40. The van der Waals surface area contributed by atoms with Crippen LogP contribution in [0.15, 0.2) is 18.3 Å². The summed E-state index contributed by atoms with van der Waals surface area (Å²) in [4.78, 5) is 18.3. The largest absolute Gasteiger partial charge is 0.397 e. The molecule has 0 saturated carbocycles. The van der Waals surface area contributed by atoms with Crippen molar-refractivity contribution in [2.45, 2.75) is 27.7 Å². The first-order valence-electron chi connectivity index (χ1n) is 6.41. The van der Waals surface area contributed by atoms with Crippen molar-refractivity contribution in [3.05, 3.63) is 24.0 Å². The van der Waals surface area contributed by atoms with E-state index >= 15 is 0 Å². The molecule has 0 aromatic carbocycles. The molecule has 0 unspecified atom stereocenters. The fourth-order valence-corrected chi connectivity index (χ4v) is 1.82. The molecule has 1 aromatic rings. The number of rotatable bonds is 5. The van der Waals surface area contributed by atoms with Gasteiger partial charge < -0.3 is 10.6 Å². The van der Waals surface area contributed by atoms with Crippen LogP contribution in [0.1, 0.15) is 38.2 Å². The van der Waals surface area contributed by atoms with E-state index in [1.165, 1.54) is 6.20 Å². The summed E-state index contributed by atoms with van der Waals surface area (Å²) >= 11 is 0. The van der Waals surface area contributed by atoms with Gasteiger partial charge in [-0.15, -0.1) is 12.4 Å². The summed E-state index contributed by atoms with van der Waals surface area (Å²) < 4.78 is 0. The van der Waals surface area contributed by atoms with Crippen molar-refractivity contribution in [1.82, 2.24) is 9.88 Å². The van der Waals surface area contributed by atoms with Crippen LogP contribution < -0.4 is 5.73 Å². The Balaban J connectivity index is 0.00000324. The molecule has 0 atom stereocenters. The standard InChI is InChI=1S/C14H23N3O.ClH/c1-10(2)8-17(9-11(3)4)14(18)13-6-5-12(15)7-16-13;/h5-7,10-11H,8-9,15H2,1-4H3;1H. The van der Waals surface area contributed by atoms with E-state index in [0.29, 0.717) is 23.2 Å². The highest BCUT2D eigenvalue weighted by atomic mass is 35.5. The third-order valence-corrected chi connectivity index (χ3v) is 2.46. The first-order valence-corrected chi connectivity index (χ1v) is 6.41.